The van der Waals surface area contributed by atoms with Crippen LogP contribution in [0, 0.1) is 20.4 Å². The van der Waals surface area contributed by atoms with Gasteiger partial charge in [0.2, 0.25) is 5.52 Å². The van der Waals surface area contributed by atoms with Crippen LogP contribution in [0.3, 0.4) is 0 Å². The molecule has 0 N–H and O–H groups in total. The van der Waals surface area contributed by atoms with Crippen LogP contribution in [0.1, 0.15) is 56.9 Å². The molecule has 6 rings (SSSR count). The topological polar surface area (TPSA) is 12.7 Å². The fourth-order valence-electron chi connectivity index (χ4n) is 5.79. The summed E-state index contributed by atoms with van der Waals surface area (Å²) in [5, 5.41) is 6.37. The molecule has 35 heavy (non-hydrogen) atoms. The fourth-order valence-corrected chi connectivity index (χ4v) is 5.79. The number of pyridine rings is 2. The summed E-state index contributed by atoms with van der Waals surface area (Å²) in [6.45, 7) is 23.2. The Bertz CT molecular complexity index is 1890. The van der Waals surface area contributed by atoms with Crippen molar-refractivity contribution in [2.45, 2.75) is 59.4 Å². The minimum atomic E-state index is -0.592. The summed E-state index contributed by atoms with van der Waals surface area (Å²) in [6, 6.07) is 16.0. The molecule has 3 aromatic heterocycles. The van der Waals surface area contributed by atoms with E-state index in [4.69, 9.17) is 6.57 Å². The zero-order valence-electron chi connectivity index (χ0n) is 22.0. The van der Waals surface area contributed by atoms with Crippen molar-refractivity contribution < 1.29 is 4.57 Å². The second kappa shape index (κ2) is 6.73. The first kappa shape index (κ1) is 21.9. The number of aryl methyl sites for hydroxylation is 3. The summed E-state index contributed by atoms with van der Waals surface area (Å²) in [7, 11) is 2.15. The molecule has 0 saturated heterocycles. The average molecular weight is 459 g/mol. The molecule has 3 heteroatoms. The fraction of sp³-hybridized carbons (Fsp3) is 0.312. The number of nitrogens with zero attached hydrogens (tertiary/aromatic N) is 3. The summed E-state index contributed by atoms with van der Waals surface area (Å²) in [4.78, 5) is 3.98. The molecule has 174 valence electrons. The standard InChI is InChI=1S/C32H32N3/c1-18-14-24-23-11-10-21(31(3,4)5)16-25(23)35-26-17-22(32(6,7)33-8)15-20-12-13-34(9)30(28(20)26)27(19(18)2)29(24)35/h10-17H,1-7,9H3/q+1. The molecule has 0 aliphatic rings. The number of aromatic nitrogens is 2. The Hall–Kier alpha value is -3.64. The van der Waals surface area contributed by atoms with Gasteiger partial charge < -0.3 is 9.25 Å². The van der Waals surface area contributed by atoms with Crippen LogP contribution in [0.5, 0.6) is 0 Å². The van der Waals surface area contributed by atoms with Crippen molar-refractivity contribution in [1.82, 2.24) is 4.40 Å². The zero-order chi connectivity index (χ0) is 25.0. The molecule has 3 aromatic carbocycles. The molecule has 0 aliphatic carbocycles. The monoisotopic (exact) mass is 458 g/mol. The number of hydrogen-bond acceptors (Lipinski definition) is 0. The lowest BCUT2D eigenvalue weighted by Gasteiger charge is -2.19. The number of rotatable bonds is 1. The van der Waals surface area contributed by atoms with Crippen LogP contribution in [0.2, 0.25) is 0 Å². The van der Waals surface area contributed by atoms with Crippen molar-refractivity contribution in [3.63, 3.8) is 0 Å². The van der Waals surface area contributed by atoms with Crippen LogP contribution in [0.25, 0.3) is 53.8 Å². The van der Waals surface area contributed by atoms with Crippen molar-refractivity contribution in [3.8, 4) is 0 Å². The van der Waals surface area contributed by atoms with Crippen LogP contribution in [-0.2, 0) is 18.0 Å². The molecule has 0 fully saturated rings. The second-order valence-corrected chi connectivity index (χ2v) is 11.8. The number of hydrogen-bond donors (Lipinski definition) is 0. The molecular formula is C32H32N3+. The van der Waals surface area contributed by atoms with Gasteiger partial charge in [0.25, 0.3) is 5.54 Å². The summed E-state index contributed by atoms with van der Waals surface area (Å²) in [6.07, 6.45) is 2.17. The molecule has 0 unspecified atom stereocenters. The van der Waals surface area contributed by atoms with Gasteiger partial charge >= 0.3 is 0 Å². The van der Waals surface area contributed by atoms with Crippen molar-refractivity contribution in [1.29, 1.82) is 0 Å². The Kier molecular flexibility index (Phi) is 4.20. The minimum Gasteiger partial charge on any atom is -0.307 e. The summed E-state index contributed by atoms with van der Waals surface area (Å²) < 4.78 is 4.76. The van der Waals surface area contributed by atoms with Crippen LogP contribution < -0.4 is 4.57 Å². The van der Waals surface area contributed by atoms with E-state index in [9.17, 15) is 0 Å². The van der Waals surface area contributed by atoms with Gasteiger partial charge in [-0.25, -0.2) is 11.1 Å². The predicted octanol–water partition coefficient (Wildman–Crippen LogP) is 7.88. The highest BCUT2D eigenvalue weighted by Crippen LogP contribution is 2.43. The molecule has 0 atom stereocenters. The van der Waals surface area contributed by atoms with Gasteiger partial charge in [-0.1, -0.05) is 32.9 Å². The van der Waals surface area contributed by atoms with Crippen molar-refractivity contribution >= 4 is 49.0 Å². The van der Waals surface area contributed by atoms with E-state index in [1.807, 2.05) is 13.8 Å². The smallest absolute Gasteiger partial charge is 0.252 e. The van der Waals surface area contributed by atoms with E-state index in [1.165, 1.54) is 65.7 Å². The lowest BCUT2D eigenvalue weighted by molar-refractivity contribution is -0.643. The molecule has 0 radical (unpaired) electrons. The van der Waals surface area contributed by atoms with Crippen LogP contribution in [-0.4, -0.2) is 4.40 Å². The highest BCUT2D eigenvalue weighted by atomic mass is 15.0. The van der Waals surface area contributed by atoms with E-state index in [-0.39, 0.29) is 5.41 Å². The predicted molar refractivity (Wildman–Crippen MR) is 148 cm³/mol. The van der Waals surface area contributed by atoms with Gasteiger partial charge in [0.1, 0.15) is 7.05 Å². The van der Waals surface area contributed by atoms with Crippen molar-refractivity contribution in [2.75, 3.05) is 0 Å². The minimum absolute atomic E-state index is 0.0574. The molecule has 6 aromatic rings. The molecule has 0 spiro atoms. The molecule has 0 aliphatic heterocycles. The van der Waals surface area contributed by atoms with E-state index < -0.39 is 5.54 Å². The molecule has 0 saturated carbocycles. The quantitative estimate of drug-likeness (QED) is 0.103. The maximum atomic E-state index is 7.86. The SMILES string of the molecule is [C-]#[N+]C(C)(C)c1cc2cc[n+](C)c3c4c(C)c(C)cc5c6ccc(C(C)(C)C)cc6n(c(c1)c23)c54. The van der Waals surface area contributed by atoms with E-state index in [0.29, 0.717) is 0 Å². The van der Waals surface area contributed by atoms with Crippen LogP contribution in [0.15, 0.2) is 48.7 Å². The van der Waals surface area contributed by atoms with Crippen LogP contribution >= 0.6 is 0 Å². The Morgan fingerprint density at radius 1 is 0.829 bits per heavy atom. The van der Waals surface area contributed by atoms with E-state index in [0.717, 1.165) is 5.56 Å². The van der Waals surface area contributed by atoms with Crippen molar-refractivity contribution in [2.24, 2.45) is 7.05 Å². The largest absolute Gasteiger partial charge is 0.307 e. The zero-order valence-corrected chi connectivity index (χ0v) is 22.0. The van der Waals surface area contributed by atoms with Gasteiger partial charge in [-0.2, -0.15) is 0 Å². The molecule has 0 bridgehead atoms. The highest BCUT2D eigenvalue weighted by Gasteiger charge is 2.30. The van der Waals surface area contributed by atoms with E-state index >= 15 is 0 Å². The van der Waals surface area contributed by atoms with Crippen molar-refractivity contribution in [3.05, 3.63) is 82.3 Å². The summed E-state index contributed by atoms with van der Waals surface area (Å²) >= 11 is 0. The first-order chi connectivity index (χ1) is 16.4. The first-order valence-electron chi connectivity index (χ1n) is 12.4. The van der Waals surface area contributed by atoms with Gasteiger partial charge in [-0.05, 0) is 65.6 Å². The Morgan fingerprint density at radius 2 is 1.54 bits per heavy atom. The number of fused-ring (bicyclic) bond motifs is 5. The summed E-state index contributed by atoms with van der Waals surface area (Å²) in [5.74, 6) is 0. The van der Waals surface area contributed by atoms with Gasteiger partial charge in [0.05, 0.1) is 27.3 Å². The molecular weight excluding hydrogens is 426 g/mol. The molecule has 0 amide bonds. The third-order valence-corrected chi connectivity index (χ3v) is 8.12. The third-order valence-electron chi connectivity index (χ3n) is 8.12. The van der Waals surface area contributed by atoms with E-state index in [1.54, 1.807) is 0 Å². The van der Waals surface area contributed by atoms with Gasteiger partial charge in [-0.3, -0.25) is 0 Å². The van der Waals surface area contributed by atoms with Gasteiger partial charge in [-0.15, -0.1) is 0 Å². The Labute approximate surface area is 206 Å². The summed E-state index contributed by atoms with van der Waals surface area (Å²) in [5.41, 5.74) is 9.48. The Morgan fingerprint density at radius 3 is 2.23 bits per heavy atom. The van der Waals surface area contributed by atoms with E-state index in [2.05, 4.69) is 104 Å². The van der Waals surface area contributed by atoms with Gasteiger partial charge in [0, 0.05) is 36.2 Å². The normalized spacial score (nSPS) is 13.1. The molecule has 3 heterocycles. The number of benzene rings is 3. The van der Waals surface area contributed by atoms with Gasteiger partial charge in [0.15, 0.2) is 6.20 Å². The lowest BCUT2D eigenvalue weighted by atomic mass is 9.86. The maximum Gasteiger partial charge on any atom is 0.252 e. The Balaban J connectivity index is 2.02. The maximum absolute atomic E-state index is 7.86. The lowest BCUT2D eigenvalue weighted by Crippen LogP contribution is -2.29. The third kappa shape index (κ3) is 2.80. The highest BCUT2D eigenvalue weighted by molar-refractivity contribution is 6.26. The second-order valence-electron chi connectivity index (χ2n) is 11.8. The molecule has 3 nitrogen and oxygen atoms in total. The van der Waals surface area contributed by atoms with Crippen LogP contribution in [0.4, 0.5) is 0 Å². The average Bonchev–Trinajstić information content (AvgIpc) is 3.13. The first-order valence-corrected chi connectivity index (χ1v) is 12.4.